The molecule has 1 saturated carbocycles. The average molecular weight is 857 g/mol. The Morgan fingerprint density at radius 1 is 0.842 bits per heavy atom. The first-order chi connectivity index (χ1) is 27.0. The summed E-state index contributed by atoms with van der Waals surface area (Å²) in [6.45, 7) is 0. The second-order valence-corrected chi connectivity index (χ2v) is 18.0. The predicted octanol–water partition coefficient (Wildman–Crippen LogP) is 5.90. The topological polar surface area (TPSA) is 214 Å². The van der Waals surface area contributed by atoms with Crippen molar-refractivity contribution in [3.8, 4) is 11.8 Å². The van der Waals surface area contributed by atoms with Gasteiger partial charge < -0.3 is 14.2 Å². The Hall–Kier alpha value is -5.30. The van der Waals surface area contributed by atoms with Gasteiger partial charge in [-0.3, -0.25) is 14.9 Å². The number of Topliss-reactive ketones (excluding diaryl/α,β-unsaturated/α-hetero) is 2. The molecule has 0 saturated heterocycles. The van der Waals surface area contributed by atoms with Gasteiger partial charge in [0.1, 0.15) is 0 Å². The molecule has 2 aliphatic carbocycles. The van der Waals surface area contributed by atoms with Gasteiger partial charge in [0.2, 0.25) is 27.7 Å². The number of allylic oxidation sites excluding steroid dienone is 2. The number of carbonyl (C=O) groups excluding carboxylic acids is 4. The van der Waals surface area contributed by atoms with Gasteiger partial charge in [-0.05, 0) is 67.1 Å². The van der Waals surface area contributed by atoms with Crippen LogP contribution >= 0.6 is 23.4 Å². The molecule has 15 nitrogen and oxygen atoms in total. The second kappa shape index (κ2) is 18.3. The third-order valence-electron chi connectivity index (χ3n) is 8.82. The van der Waals surface area contributed by atoms with E-state index < -0.39 is 43.4 Å². The number of nitrogens with zero attached hydrogens (tertiary/aromatic N) is 2. The van der Waals surface area contributed by atoms with Crippen molar-refractivity contribution in [3.63, 3.8) is 0 Å². The van der Waals surface area contributed by atoms with Crippen molar-refractivity contribution < 1.29 is 50.2 Å². The molecular weight excluding hydrogens is 820 g/mol. The number of benzene rings is 3. The third-order valence-corrected chi connectivity index (χ3v) is 12.7. The van der Waals surface area contributed by atoms with Crippen LogP contribution in [-0.4, -0.2) is 78.0 Å². The highest BCUT2D eigenvalue weighted by molar-refractivity contribution is 8.03. The Morgan fingerprint density at radius 2 is 1.47 bits per heavy atom. The maximum Gasteiger partial charge on any atom is 0.338 e. The van der Waals surface area contributed by atoms with Gasteiger partial charge >= 0.3 is 12.0 Å². The number of hydrogen-bond acceptors (Lipinski definition) is 14. The number of fused-ring (bicyclic) bond motifs is 2. The number of carbonyl (C=O) groups is 4. The van der Waals surface area contributed by atoms with Crippen molar-refractivity contribution in [3.05, 3.63) is 111 Å². The van der Waals surface area contributed by atoms with E-state index in [1.165, 1.54) is 69.5 Å². The summed E-state index contributed by atoms with van der Waals surface area (Å²) in [7, 11) is -3.68. The van der Waals surface area contributed by atoms with Gasteiger partial charge in [-0.25, -0.2) is 31.1 Å². The molecule has 2 bridgehead atoms. The second-order valence-electron chi connectivity index (χ2n) is 12.7. The number of amides is 2. The molecule has 0 aliphatic heterocycles. The van der Waals surface area contributed by atoms with E-state index in [1.54, 1.807) is 12.1 Å². The lowest BCUT2D eigenvalue weighted by Crippen LogP contribution is -2.36. The molecule has 6 rings (SSSR count). The standard InChI is InChI=1S/C22H19ClO4S2.C16H18N4O7S/c1-29(26,27)16-9-10-17(18(23)12-16)21(25)19-20(24)13-7-8-14(11-13)22(19)28-15-5-3-2-4-6-15;1-25-12-8-13(26-2)18-15(17-12)19-16(22)20-28(23,24)9-10-6-4-5-7-11(10)14(21)27-3/h2-6,9-10,12-14H,7-8,11H2,1H3;4-8H,9H2,1-3H3,(H2,17,18,19,20,22). The van der Waals surface area contributed by atoms with E-state index in [0.717, 1.165) is 35.3 Å². The number of ketones is 2. The number of methoxy groups -OCH3 is 3. The lowest BCUT2D eigenvalue weighted by Gasteiger charge is -2.24. The SMILES string of the molecule is COC(=O)c1ccccc1CS(=O)(=O)NC(=O)Nc1nc(OC)cc(OC)n1.CS(=O)(=O)c1ccc(C(=O)C2=C(Sc3ccccc3)C3CCC(C3)C2=O)c(Cl)c1. The highest BCUT2D eigenvalue weighted by Crippen LogP contribution is 2.50. The predicted molar refractivity (Wildman–Crippen MR) is 212 cm³/mol. The van der Waals surface area contributed by atoms with E-state index in [2.05, 4.69) is 20.0 Å². The Morgan fingerprint density at radius 3 is 2.09 bits per heavy atom. The molecule has 0 spiro atoms. The van der Waals surface area contributed by atoms with Gasteiger partial charge in [0.25, 0.3) is 0 Å². The van der Waals surface area contributed by atoms with Gasteiger partial charge in [-0.1, -0.05) is 59.8 Å². The fraction of sp³-hybridized carbons (Fsp3) is 0.263. The number of urea groups is 1. The minimum atomic E-state index is -4.14. The Bertz CT molecular complexity index is 2440. The van der Waals surface area contributed by atoms with Crippen LogP contribution in [-0.2, 0) is 35.1 Å². The summed E-state index contributed by atoms with van der Waals surface area (Å²) in [6.07, 6.45) is 3.55. The van der Waals surface area contributed by atoms with Gasteiger partial charge in [-0.2, -0.15) is 9.97 Å². The first kappa shape index (κ1) is 42.8. The molecule has 0 radical (unpaired) electrons. The van der Waals surface area contributed by atoms with Crippen molar-refractivity contribution in [1.29, 1.82) is 0 Å². The van der Waals surface area contributed by atoms with Crippen molar-refractivity contribution in [2.45, 2.75) is 34.8 Å². The van der Waals surface area contributed by atoms with Gasteiger partial charge in [-0.15, -0.1) is 0 Å². The number of sulfone groups is 1. The third kappa shape index (κ3) is 10.8. The van der Waals surface area contributed by atoms with Crippen molar-refractivity contribution in [2.24, 2.45) is 11.8 Å². The number of halogens is 1. The molecule has 57 heavy (non-hydrogen) atoms. The average Bonchev–Trinajstić information content (AvgIpc) is 3.63. The number of rotatable bonds is 12. The summed E-state index contributed by atoms with van der Waals surface area (Å²) in [6, 6.07) is 20.0. The van der Waals surface area contributed by atoms with Crippen LogP contribution in [0.15, 0.2) is 99.1 Å². The maximum atomic E-state index is 13.4. The zero-order chi connectivity index (χ0) is 41.5. The summed E-state index contributed by atoms with van der Waals surface area (Å²) >= 11 is 7.74. The minimum Gasteiger partial charge on any atom is -0.481 e. The molecule has 19 heteroatoms. The first-order valence-corrected chi connectivity index (χ1v) is 21.8. The van der Waals surface area contributed by atoms with E-state index in [1.807, 2.05) is 35.1 Å². The molecule has 2 aliphatic rings. The van der Waals surface area contributed by atoms with Crippen LogP contribution in [0, 0.1) is 11.8 Å². The fourth-order valence-corrected chi connectivity index (χ4v) is 9.41. The molecule has 2 N–H and O–H groups in total. The van der Waals surface area contributed by atoms with Crippen LogP contribution in [0.5, 0.6) is 11.8 Å². The van der Waals surface area contributed by atoms with Crippen LogP contribution in [0.4, 0.5) is 10.7 Å². The fourth-order valence-electron chi connectivity index (χ4n) is 6.14. The molecule has 2 atom stereocenters. The lowest BCUT2D eigenvalue weighted by atomic mass is 9.84. The highest BCUT2D eigenvalue weighted by Gasteiger charge is 2.43. The molecule has 3 aromatic carbocycles. The Balaban J connectivity index is 0.000000218. The highest BCUT2D eigenvalue weighted by atomic mass is 35.5. The van der Waals surface area contributed by atoms with Crippen LogP contribution < -0.4 is 19.5 Å². The molecule has 2 amide bonds. The summed E-state index contributed by atoms with van der Waals surface area (Å²) in [5.74, 6) is -1.78. The van der Waals surface area contributed by atoms with E-state index >= 15 is 0 Å². The van der Waals surface area contributed by atoms with E-state index in [-0.39, 0.29) is 67.5 Å². The molecule has 1 heterocycles. The smallest absolute Gasteiger partial charge is 0.338 e. The quantitative estimate of drug-likeness (QED) is 0.0964. The van der Waals surface area contributed by atoms with Crippen molar-refractivity contribution in [2.75, 3.05) is 32.9 Å². The number of esters is 1. The van der Waals surface area contributed by atoms with Crippen molar-refractivity contribution in [1.82, 2.24) is 14.7 Å². The zero-order valence-corrected chi connectivity index (χ0v) is 34.2. The molecular formula is C38H37ClN4O11S3. The summed E-state index contributed by atoms with van der Waals surface area (Å²) in [5, 5.41) is 2.22. The normalized spacial score (nSPS) is 16.2. The number of nitrogens with one attached hydrogen (secondary N) is 2. The van der Waals surface area contributed by atoms with Crippen molar-refractivity contribution >= 4 is 72.7 Å². The Kier molecular flexibility index (Phi) is 13.8. The summed E-state index contributed by atoms with van der Waals surface area (Å²) < 4.78 is 64.4. The Labute approximate surface area is 338 Å². The van der Waals surface area contributed by atoms with E-state index in [0.29, 0.717) is 0 Å². The number of hydrogen-bond donors (Lipinski definition) is 2. The maximum absolute atomic E-state index is 13.4. The molecule has 1 fully saturated rings. The van der Waals surface area contributed by atoms with Crippen LogP contribution in [0.1, 0.15) is 45.5 Å². The number of anilines is 1. The number of aromatic nitrogens is 2. The molecule has 1 aromatic heterocycles. The molecule has 300 valence electrons. The van der Waals surface area contributed by atoms with E-state index in [4.69, 9.17) is 21.1 Å². The molecule has 4 aromatic rings. The van der Waals surface area contributed by atoms with E-state index in [9.17, 15) is 36.0 Å². The number of sulfonamides is 1. The number of ether oxygens (including phenoxy) is 3. The van der Waals surface area contributed by atoms with Crippen LogP contribution in [0.25, 0.3) is 0 Å². The first-order valence-electron chi connectivity index (χ1n) is 17.0. The van der Waals surface area contributed by atoms with Gasteiger partial charge in [0.15, 0.2) is 21.4 Å². The largest absolute Gasteiger partial charge is 0.481 e. The molecule has 2 unspecified atom stereocenters. The zero-order valence-electron chi connectivity index (χ0n) is 31.0. The number of thioether (sulfide) groups is 1. The lowest BCUT2D eigenvalue weighted by molar-refractivity contribution is -0.119. The van der Waals surface area contributed by atoms with Gasteiger partial charge in [0.05, 0.1) is 54.2 Å². The van der Waals surface area contributed by atoms with Gasteiger partial charge in [0, 0.05) is 27.5 Å². The monoisotopic (exact) mass is 856 g/mol. The van der Waals surface area contributed by atoms with Crippen LogP contribution in [0.2, 0.25) is 5.02 Å². The summed E-state index contributed by atoms with van der Waals surface area (Å²) in [4.78, 5) is 59.8. The minimum absolute atomic E-state index is 0.0419. The van der Waals surface area contributed by atoms with Crippen LogP contribution in [0.3, 0.4) is 0 Å². The summed E-state index contributed by atoms with van der Waals surface area (Å²) in [5.41, 5.74) is 0.632.